The highest BCUT2D eigenvalue weighted by Crippen LogP contribution is 2.02. The van der Waals surface area contributed by atoms with Crippen molar-refractivity contribution in [1.29, 1.82) is 0 Å². The van der Waals surface area contributed by atoms with Gasteiger partial charge in [-0.3, -0.25) is 4.79 Å². The Morgan fingerprint density at radius 1 is 1.47 bits per heavy atom. The molecule has 1 aromatic heterocycles. The van der Waals surface area contributed by atoms with Crippen LogP contribution in [0.5, 0.6) is 0 Å². The third kappa shape index (κ3) is 2.43. The second-order valence-electron chi connectivity index (χ2n) is 3.05. The fourth-order valence-electron chi connectivity index (χ4n) is 1.23. The van der Waals surface area contributed by atoms with Crippen molar-refractivity contribution >= 4 is 5.97 Å². The van der Waals surface area contributed by atoms with Gasteiger partial charge in [0.15, 0.2) is 0 Å². The molecule has 0 saturated carbocycles. The van der Waals surface area contributed by atoms with Crippen LogP contribution in [-0.2, 0) is 11.2 Å². The maximum absolute atomic E-state index is 11.4. The molecule has 0 amide bonds. The van der Waals surface area contributed by atoms with Crippen molar-refractivity contribution in [3.8, 4) is 0 Å². The van der Waals surface area contributed by atoms with E-state index in [1.165, 1.54) is 0 Å². The molecule has 0 aliphatic rings. The molecule has 0 radical (unpaired) electrons. The molecule has 0 unspecified atom stereocenters. The molecule has 0 bridgehead atoms. The lowest BCUT2D eigenvalue weighted by molar-refractivity contribution is 0.0517. The first-order valence-corrected chi connectivity index (χ1v) is 4.87. The lowest BCUT2D eigenvalue weighted by atomic mass is 10.3. The number of ether oxygens (including phenoxy) is 1. The Bertz CT molecular complexity index is 423. The minimum atomic E-state index is -0.540. The summed E-state index contributed by atoms with van der Waals surface area (Å²) in [6.45, 7) is 5.48. The number of nitrogens with zero attached hydrogens (tertiary/aromatic N) is 1. The van der Waals surface area contributed by atoms with E-state index < -0.39 is 5.97 Å². The Balaban J connectivity index is 3.16. The third-order valence-corrected chi connectivity index (χ3v) is 1.98. The third-order valence-electron chi connectivity index (χ3n) is 1.98. The van der Waals surface area contributed by atoms with Crippen LogP contribution < -0.4 is 5.56 Å². The van der Waals surface area contributed by atoms with Crippen LogP contribution in [0.15, 0.2) is 4.79 Å². The molecule has 82 valence electrons. The average Bonchev–Trinajstić information content (AvgIpc) is 2.21. The number of aryl methyl sites for hydroxylation is 2. The van der Waals surface area contributed by atoms with Crippen LogP contribution in [0, 0.1) is 6.92 Å². The van der Waals surface area contributed by atoms with E-state index in [1.54, 1.807) is 13.8 Å². The zero-order valence-corrected chi connectivity index (χ0v) is 9.09. The predicted molar refractivity (Wildman–Crippen MR) is 54.9 cm³/mol. The summed E-state index contributed by atoms with van der Waals surface area (Å²) >= 11 is 0. The van der Waals surface area contributed by atoms with E-state index in [-0.39, 0.29) is 17.9 Å². The topological polar surface area (TPSA) is 72.1 Å². The maximum Gasteiger partial charge on any atom is 0.356 e. The minimum Gasteiger partial charge on any atom is -0.461 e. The summed E-state index contributed by atoms with van der Waals surface area (Å²) < 4.78 is 4.79. The predicted octanol–water partition coefficient (Wildman–Crippen LogP) is 0.817. The van der Waals surface area contributed by atoms with E-state index in [9.17, 15) is 9.59 Å². The molecule has 0 aliphatic carbocycles. The van der Waals surface area contributed by atoms with E-state index >= 15 is 0 Å². The first-order chi connectivity index (χ1) is 7.10. The van der Waals surface area contributed by atoms with Gasteiger partial charge < -0.3 is 9.72 Å². The van der Waals surface area contributed by atoms with E-state index in [1.807, 2.05) is 6.92 Å². The quantitative estimate of drug-likeness (QED) is 0.749. The van der Waals surface area contributed by atoms with Gasteiger partial charge in [0.25, 0.3) is 5.56 Å². The number of esters is 1. The van der Waals surface area contributed by atoms with Crippen molar-refractivity contribution in [3.63, 3.8) is 0 Å². The number of rotatable bonds is 3. The lowest BCUT2D eigenvalue weighted by Gasteiger charge is -2.05. The summed E-state index contributed by atoms with van der Waals surface area (Å²) in [4.78, 5) is 29.3. The van der Waals surface area contributed by atoms with Crippen molar-refractivity contribution in [2.24, 2.45) is 0 Å². The highest BCUT2D eigenvalue weighted by atomic mass is 16.5. The van der Waals surface area contributed by atoms with Crippen LogP contribution in [0.4, 0.5) is 0 Å². The molecule has 15 heavy (non-hydrogen) atoms. The molecule has 0 fully saturated rings. The van der Waals surface area contributed by atoms with Gasteiger partial charge in [0.05, 0.1) is 12.3 Å². The summed E-state index contributed by atoms with van der Waals surface area (Å²) in [5, 5.41) is 0. The molecule has 0 aliphatic heterocycles. The van der Waals surface area contributed by atoms with Gasteiger partial charge in [-0.05, 0) is 20.3 Å². The minimum absolute atomic E-state index is 0.138. The smallest absolute Gasteiger partial charge is 0.356 e. The Morgan fingerprint density at radius 2 is 2.13 bits per heavy atom. The van der Waals surface area contributed by atoms with E-state index in [4.69, 9.17) is 4.74 Å². The molecule has 1 N–H and O–H groups in total. The number of nitrogens with one attached hydrogen (secondary N) is 1. The molecule has 0 atom stereocenters. The van der Waals surface area contributed by atoms with Gasteiger partial charge in [0.1, 0.15) is 11.4 Å². The van der Waals surface area contributed by atoms with E-state index in [0.717, 1.165) is 0 Å². The first-order valence-electron chi connectivity index (χ1n) is 4.87. The Kier molecular flexibility index (Phi) is 3.60. The Labute approximate surface area is 87.5 Å². The van der Waals surface area contributed by atoms with Crippen molar-refractivity contribution < 1.29 is 9.53 Å². The molecule has 1 rings (SSSR count). The number of hydrogen-bond donors (Lipinski definition) is 1. The molecule has 5 heteroatoms. The second kappa shape index (κ2) is 4.72. The fraction of sp³-hybridized carbons (Fsp3) is 0.500. The number of carbonyl (C=O) groups is 1. The monoisotopic (exact) mass is 210 g/mol. The van der Waals surface area contributed by atoms with Crippen LogP contribution >= 0.6 is 0 Å². The zero-order valence-electron chi connectivity index (χ0n) is 9.09. The number of aromatic amines is 1. The Hall–Kier alpha value is -1.65. The molecular formula is C10H14N2O3. The number of aromatic nitrogens is 2. The van der Waals surface area contributed by atoms with E-state index in [2.05, 4.69) is 9.97 Å². The molecule has 0 spiro atoms. The van der Waals surface area contributed by atoms with Crippen LogP contribution in [-0.4, -0.2) is 22.5 Å². The van der Waals surface area contributed by atoms with Gasteiger partial charge in [0.2, 0.25) is 0 Å². The van der Waals surface area contributed by atoms with Crippen LogP contribution in [0.3, 0.4) is 0 Å². The maximum atomic E-state index is 11.4. The van der Waals surface area contributed by atoms with Gasteiger partial charge in [0, 0.05) is 0 Å². The van der Waals surface area contributed by atoms with Crippen molar-refractivity contribution in [2.45, 2.75) is 27.2 Å². The largest absolute Gasteiger partial charge is 0.461 e. The molecule has 0 aromatic carbocycles. The summed E-state index contributed by atoms with van der Waals surface area (Å²) in [6.07, 6.45) is 0.541. The average molecular weight is 210 g/mol. The van der Waals surface area contributed by atoms with Gasteiger partial charge >= 0.3 is 5.97 Å². The Morgan fingerprint density at radius 3 is 2.67 bits per heavy atom. The lowest BCUT2D eigenvalue weighted by Crippen LogP contribution is -2.22. The van der Waals surface area contributed by atoms with Crippen LogP contribution in [0.25, 0.3) is 0 Å². The highest BCUT2D eigenvalue weighted by Gasteiger charge is 2.14. The molecule has 5 nitrogen and oxygen atoms in total. The number of carbonyl (C=O) groups excluding carboxylic acids is 1. The normalized spacial score (nSPS) is 10.1. The highest BCUT2D eigenvalue weighted by molar-refractivity contribution is 5.88. The molecular weight excluding hydrogens is 196 g/mol. The van der Waals surface area contributed by atoms with Crippen molar-refractivity contribution in [3.05, 3.63) is 27.4 Å². The number of H-pyrrole nitrogens is 1. The first kappa shape index (κ1) is 11.4. The summed E-state index contributed by atoms with van der Waals surface area (Å²) in [7, 11) is 0. The summed E-state index contributed by atoms with van der Waals surface area (Å²) in [6, 6.07) is 0. The SMILES string of the molecule is CCOC(=O)c1[nH]c(=O)c(CC)nc1C. The second-order valence-corrected chi connectivity index (χ2v) is 3.05. The van der Waals surface area contributed by atoms with Crippen molar-refractivity contribution in [1.82, 2.24) is 9.97 Å². The number of hydrogen-bond acceptors (Lipinski definition) is 4. The fourth-order valence-corrected chi connectivity index (χ4v) is 1.23. The molecule has 1 aromatic rings. The molecule has 0 saturated heterocycles. The van der Waals surface area contributed by atoms with Gasteiger partial charge in [-0.1, -0.05) is 6.92 Å². The van der Waals surface area contributed by atoms with Crippen LogP contribution in [0.1, 0.15) is 35.7 Å². The standard InChI is InChI=1S/C10H14N2O3/c1-4-7-9(13)12-8(6(3)11-7)10(14)15-5-2/h4-5H2,1-3H3,(H,12,13). The van der Waals surface area contributed by atoms with Crippen LogP contribution in [0.2, 0.25) is 0 Å². The van der Waals surface area contributed by atoms with Gasteiger partial charge in [-0.25, -0.2) is 9.78 Å². The zero-order chi connectivity index (χ0) is 11.4. The van der Waals surface area contributed by atoms with E-state index in [0.29, 0.717) is 17.8 Å². The molecule has 1 heterocycles. The summed E-state index contributed by atoms with van der Waals surface area (Å²) in [5.74, 6) is -0.540. The van der Waals surface area contributed by atoms with Gasteiger partial charge in [-0.15, -0.1) is 0 Å². The van der Waals surface area contributed by atoms with Crippen molar-refractivity contribution in [2.75, 3.05) is 6.61 Å². The summed E-state index contributed by atoms with van der Waals surface area (Å²) in [5.41, 5.74) is 0.732. The van der Waals surface area contributed by atoms with Gasteiger partial charge in [-0.2, -0.15) is 0 Å².